The summed E-state index contributed by atoms with van der Waals surface area (Å²) in [5, 5.41) is 8.87. The lowest BCUT2D eigenvalue weighted by Crippen LogP contribution is -1.63. The first-order valence-corrected chi connectivity index (χ1v) is 3.03. The molecule has 1 rings (SSSR count). The number of benzene rings is 1. The molecule has 0 aliphatic rings. The monoisotopic (exact) mass is 208 g/mol. The zero-order valence-corrected chi connectivity index (χ0v) is 6.95. The summed E-state index contributed by atoms with van der Waals surface area (Å²) in [5.41, 5.74) is 0. The van der Waals surface area contributed by atoms with E-state index in [9.17, 15) is 0 Å². The number of hydrogen-bond acceptors (Lipinski definition) is 1. The third kappa shape index (κ3) is 2.24. The van der Waals surface area contributed by atoms with Gasteiger partial charge in [0, 0.05) is 0 Å². The fourth-order valence-corrected chi connectivity index (χ4v) is 0.737. The molecule has 0 fully saturated rings. The van der Waals surface area contributed by atoms with E-state index in [1.807, 2.05) is 6.07 Å². The number of phenols is 1. The van der Waals surface area contributed by atoms with Crippen LogP contribution in [0.2, 0.25) is 0 Å². The molecule has 0 amide bonds. The molecule has 0 bridgehead atoms. The van der Waals surface area contributed by atoms with Crippen molar-refractivity contribution in [2.75, 3.05) is 0 Å². The molecule has 1 aromatic carbocycles. The molecule has 9 heavy (non-hydrogen) atoms. The summed E-state index contributed by atoms with van der Waals surface area (Å²) >= 11 is 3.15. The molecule has 0 radical (unpaired) electrons. The molecule has 50 valence electrons. The summed E-state index contributed by atoms with van der Waals surface area (Å²) in [6.45, 7) is 0. The van der Waals surface area contributed by atoms with Crippen LogP contribution in [-0.2, 0) is 0 Å². The van der Waals surface area contributed by atoms with Gasteiger partial charge in [0.25, 0.3) is 0 Å². The van der Waals surface area contributed by atoms with Gasteiger partial charge in [-0.3, -0.25) is 0 Å². The highest BCUT2D eigenvalue weighted by molar-refractivity contribution is 9.10. The molecular formula is C6H6BrClO. The lowest BCUT2D eigenvalue weighted by molar-refractivity contribution is 0.472. The lowest BCUT2D eigenvalue weighted by Gasteiger charge is -1.90. The Kier molecular flexibility index (Phi) is 3.66. The Hall–Kier alpha value is -0.210. The van der Waals surface area contributed by atoms with E-state index in [-0.39, 0.29) is 18.2 Å². The molecule has 0 heterocycles. The van der Waals surface area contributed by atoms with Crippen molar-refractivity contribution in [3.63, 3.8) is 0 Å². The van der Waals surface area contributed by atoms with Crippen molar-refractivity contribution < 1.29 is 5.11 Å². The average molecular weight is 209 g/mol. The first-order chi connectivity index (χ1) is 3.80. The highest BCUT2D eigenvalue weighted by atomic mass is 79.9. The number of aromatic hydroxyl groups is 1. The van der Waals surface area contributed by atoms with Gasteiger partial charge in [-0.15, -0.1) is 12.4 Å². The second-order valence-corrected chi connectivity index (χ2v) is 2.31. The molecule has 0 aromatic heterocycles. The van der Waals surface area contributed by atoms with E-state index in [2.05, 4.69) is 15.9 Å². The van der Waals surface area contributed by atoms with Crippen molar-refractivity contribution in [1.82, 2.24) is 0 Å². The molecular weight excluding hydrogens is 203 g/mol. The minimum Gasteiger partial charge on any atom is -0.507 e. The van der Waals surface area contributed by atoms with Gasteiger partial charge in [0.2, 0.25) is 0 Å². The van der Waals surface area contributed by atoms with Gasteiger partial charge in [0.1, 0.15) is 5.75 Å². The summed E-state index contributed by atoms with van der Waals surface area (Å²) < 4.78 is 0.736. The Balaban J connectivity index is 0.000000640. The Bertz CT molecular complexity index is 169. The highest BCUT2D eigenvalue weighted by Gasteiger charge is 1.89. The van der Waals surface area contributed by atoms with Crippen molar-refractivity contribution >= 4 is 28.3 Å². The quantitative estimate of drug-likeness (QED) is 0.696. The van der Waals surface area contributed by atoms with Crippen LogP contribution in [0.3, 0.4) is 0 Å². The maximum atomic E-state index is 8.87. The third-order valence-corrected chi connectivity index (χ3v) is 1.52. The molecule has 1 aromatic rings. The molecule has 0 saturated heterocycles. The third-order valence-electron chi connectivity index (χ3n) is 0.852. The SMILES string of the molecule is Cl.Oc1ccccc1Br. The Labute approximate surface area is 68.2 Å². The minimum atomic E-state index is 0. The molecule has 0 aliphatic heterocycles. The molecule has 0 unspecified atom stereocenters. The maximum Gasteiger partial charge on any atom is 0.129 e. The number of rotatable bonds is 0. The molecule has 1 nitrogen and oxygen atoms in total. The van der Waals surface area contributed by atoms with Crippen LogP contribution in [0.4, 0.5) is 0 Å². The summed E-state index contributed by atoms with van der Waals surface area (Å²) in [6.07, 6.45) is 0. The van der Waals surface area contributed by atoms with E-state index in [1.165, 1.54) is 0 Å². The second kappa shape index (κ2) is 3.75. The van der Waals surface area contributed by atoms with E-state index >= 15 is 0 Å². The molecule has 0 spiro atoms. The predicted octanol–water partition coefficient (Wildman–Crippen LogP) is 2.58. The van der Waals surface area contributed by atoms with Crippen molar-refractivity contribution in [1.29, 1.82) is 0 Å². The average Bonchev–Trinajstić information content (AvgIpc) is 1.77. The maximum absolute atomic E-state index is 8.87. The summed E-state index contributed by atoms with van der Waals surface area (Å²) in [7, 11) is 0. The van der Waals surface area contributed by atoms with Gasteiger partial charge in [-0.1, -0.05) is 12.1 Å². The molecule has 1 N–H and O–H groups in total. The molecule has 0 atom stereocenters. The predicted molar refractivity (Wildman–Crippen MR) is 43.1 cm³/mol. The zero-order chi connectivity index (χ0) is 5.98. The Morgan fingerprint density at radius 1 is 1.22 bits per heavy atom. The van der Waals surface area contributed by atoms with Gasteiger partial charge >= 0.3 is 0 Å². The van der Waals surface area contributed by atoms with Gasteiger partial charge < -0.3 is 5.11 Å². The molecule has 0 saturated carbocycles. The van der Waals surface area contributed by atoms with Crippen molar-refractivity contribution in [2.24, 2.45) is 0 Å². The van der Waals surface area contributed by atoms with Crippen LogP contribution in [0.1, 0.15) is 0 Å². The van der Waals surface area contributed by atoms with Crippen LogP contribution in [0.25, 0.3) is 0 Å². The topological polar surface area (TPSA) is 20.2 Å². The lowest BCUT2D eigenvalue weighted by atomic mass is 10.3. The van der Waals surface area contributed by atoms with Crippen LogP contribution in [0.15, 0.2) is 28.7 Å². The second-order valence-electron chi connectivity index (χ2n) is 1.45. The van der Waals surface area contributed by atoms with Crippen molar-refractivity contribution in [3.8, 4) is 5.75 Å². The van der Waals surface area contributed by atoms with Crippen LogP contribution >= 0.6 is 28.3 Å². The summed E-state index contributed by atoms with van der Waals surface area (Å²) in [4.78, 5) is 0. The van der Waals surface area contributed by atoms with Gasteiger partial charge in [0.15, 0.2) is 0 Å². The van der Waals surface area contributed by atoms with Crippen molar-refractivity contribution in [3.05, 3.63) is 28.7 Å². The number of halogens is 2. The van der Waals surface area contributed by atoms with Crippen LogP contribution in [0.5, 0.6) is 5.75 Å². The molecule has 0 aliphatic carbocycles. The smallest absolute Gasteiger partial charge is 0.129 e. The van der Waals surface area contributed by atoms with E-state index in [4.69, 9.17) is 5.11 Å². The van der Waals surface area contributed by atoms with Gasteiger partial charge in [0.05, 0.1) is 4.47 Å². The first-order valence-electron chi connectivity index (χ1n) is 2.24. The number of para-hydroxylation sites is 1. The summed E-state index contributed by atoms with van der Waals surface area (Å²) in [5.74, 6) is 0.285. The fourth-order valence-electron chi connectivity index (χ4n) is 0.452. The standard InChI is InChI=1S/C6H5BrO.ClH/c7-5-3-1-2-4-6(5)8;/h1-4,8H;1H. The van der Waals surface area contributed by atoms with Crippen molar-refractivity contribution in [2.45, 2.75) is 0 Å². The largest absolute Gasteiger partial charge is 0.507 e. The Morgan fingerprint density at radius 2 is 1.78 bits per heavy atom. The van der Waals surface area contributed by atoms with Crippen LogP contribution in [0, 0.1) is 0 Å². The van der Waals surface area contributed by atoms with Gasteiger partial charge in [-0.2, -0.15) is 0 Å². The van der Waals surface area contributed by atoms with Gasteiger partial charge in [-0.05, 0) is 28.1 Å². The normalized spacial score (nSPS) is 8.11. The van der Waals surface area contributed by atoms with E-state index in [0.29, 0.717) is 0 Å². The highest BCUT2D eigenvalue weighted by Crippen LogP contribution is 2.21. The van der Waals surface area contributed by atoms with E-state index in [0.717, 1.165) is 4.47 Å². The fraction of sp³-hybridized carbons (Fsp3) is 0. The zero-order valence-electron chi connectivity index (χ0n) is 4.54. The minimum absolute atomic E-state index is 0. The van der Waals surface area contributed by atoms with Crippen LogP contribution < -0.4 is 0 Å². The number of hydrogen-bond donors (Lipinski definition) is 1. The van der Waals surface area contributed by atoms with E-state index in [1.54, 1.807) is 18.2 Å². The van der Waals surface area contributed by atoms with Crippen LogP contribution in [-0.4, -0.2) is 5.11 Å². The van der Waals surface area contributed by atoms with Gasteiger partial charge in [-0.25, -0.2) is 0 Å². The van der Waals surface area contributed by atoms with E-state index < -0.39 is 0 Å². The number of phenolic OH excluding ortho intramolecular Hbond substituents is 1. The first kappa shape index (κ1) is 8.79. The molecule has 3 heteroatoms. The Morgan fingerprint density at radius 3 is 2.11 bits per heavy atom. The summed E-state index contributed by atoms with van der Waals surface area (Å²) in [6, 6.07) is 7.04.